The van der Waals surface area contributed by atoms with Crippen LogP contribution in [-0.2, 0) is 10.0 Å². The largest absolute Gasteiger partial charge is 1.00 e. The molecule has 0 bridgehead atoms. The maximum Gasteiger partial charge on any atom is 1.00 e. The first-order chi connectivity index (χ1) is 5.55. The second-order valence-corrected chi connectivity index (χ2v) is 3.82. The van der Waals surface area contributed by atoms with Gasteiger partial charge in [-0.15, -0.1) is 0 Å². The van der Waals surface area contributed by atoms with Crippen molar-refractivity contribution in [1.82, 2.24) is 0 Å². The Morgan fingerprint density at radius 2 is 1.92 bits per heavy atom. The Hall–Kier alpha value is -0.533. The third kappa shape index (κ3) is 3.01. The van der Waals surface area contributed by atoms with E-state index < -0.39 is 10.0 Å². The predicted molar refractivity (Wildman–Crippen MR) is 49.0 cm³/mol. The van der Waals surface area contributed by atoms with Gasteiger partial charge in [-0.1, -0.05) is 30.9 Å². The van der Waals surface area contributed by atoms with Gasteiger partial charge < -0.3 is 1.43 Å². The van der Waals surface area contributed by atoms with Crippen molar-refractivity contribution in [1.29, 1.82) is 0 Å². The topological polar surface area (TPSA) is 60.2 Å². The summed E-state index contributed by atoms with van der Waals surface area (Å²) < 4.78 is 21.9. The van der Waals surface area contributed by atoms with Gasteiger partial charge in [-0.05, 0) is 11.6 Å². The van der Waals surface area contributed by atoms with E-state index in [1.54, 1.807) is 18.2 Å². The summed E-state index contributed by atoms with van der Waals surface area (Å²) in [6, 6.07) is 6.44. The van der Waals surface area contributed by atoms with Crippen LogP contribution in [0.5, 0.6) is 0 Å². The number of sulfonamides is 1. The molecule has 0 aromatic heterocycles. The molecule has 0 atom stereocenters. The Labute approximate surface area is 91.4 Å². The second kappa shape index (κ2) is 4.63. The van der Waals surface area contributed by atoms with Crippen molar-refractivity contribution in [3.05, 3.63) is 36.4 Å². The molecule has 0 unspecified atom stereocenters. The fourth-order valence-corrected chi connectivity index (χ4v) is 1.66. The average Bonchev–Trinajstić information content (AvgIpc) is 2.03. The second-order valence-electron chi connectivity index (χ2n) is 2.29. The molecule has 3 nitrogen and oxygen atoms in total. The number of hydrogen-bond donors (Lipinski definition) is 1. The quantitative estimate of drug-likeness (QED) is 0.555. The Bertz CT molecular complexity index is 406. The molecular formula is C8H10LiNO2S. The van der Waals surface area contributed by atoms with E-state index in [9.17, 15) is 8.42 Å². The van der Waals surface area contributed by atoms with Crippen LogP contribution in [0, 0.1) is 0 Å². The minimum absolute atomic E-state index is 0. The summed E-state index contributed by atoms with van der Waals surface area (Å²) in [5, 5.41) is 4.96. The first-order valence-electron chi connectivity index (χ1n) is 3.30. The molecule has 0 fully saturated rings. The Morgan fingerprint density at radius 3 is 2.31 bits per heavy atom. The van der Waals surface area contributed by atoms with E-state index in [1.807, 2.05) is 0 Å². The Kier molecular flexibility index (Phi) is 4.44. The van der Waals surface area contributed by atoms with Gasteiger partial charge >= 0.3 is 18.9 Å². The molecule has 0 saturated carbocycles. The molecular weight excluding hydrogens is 181 g/mol. The first-order valence-corrected chi connectivity index (χ1v) is 4.84. The number of benzene rings is 1. The van der Waals surface area contributed by atoms with Gasteiger partial charge in [0.15, 0.2) is 0 Å². The van der Waals surface area contributed by atoms with Crippen LogP contribution >= 0.6 is 0 Å². The normalized spacial score (nSPS) is 10.2. The van der Waals surface area contributed by atoms with Crippen molar-refractivity contribution in [2.24, 2.45) is 5.14 Å². The SMILES string of the molecule is C=Cc1ccccc1S(N)(=O)=O.[H-].[Li+]. The molecule has 0 aliphatic heterocycles. The molecule has 1 aromatic rings. The molecule has 13 heavy (non-hydrogen) atoms. The van der Waals surface area contributed by atoms with Crippen LogP contribution in [0.1, 0.15) is 6.99 Å². The Morgan fingerprint density at radius 1 is 1.38 bits per heavy atom. The number of rotatable bonds is 2. The van der Waals surface area contributed by atoms with E-state index in [1.165, 1.54) is 12.1 Å². The third-order valence-electron chi connectivity index (χ3n) is 1.45. The molecule has 0 spiro atoms. The van der Waals surface area contributed by atoms with Crippen LogP contribution in [-0.4, -0.2) is 8.42 Å². The maximum atomic E-state index is 10.9. The summed E-state index contributed by atoms with van der Waals surface area (Å²) in [5.74, 6) is 0. The molecule has 66 valence electrons. The van der Waals surface area contributed by atoms with Gasteiger partial charge in [-0.3, -0.25) is 0 Å². The zero-order chi connectivity index (χ0) is 9.19. The van der Waals surface area contributed by atoms with Gasteiger partial charge in [0.2, 0.25) is 10.0 Å². The molecule has 2 N–H and O–H groups in total. The minimum Gasteiger partial charge on any atom is -1.00 e. The van der Waals surface area contributed by atoms with Crippen molar-refractivity contribution >= 4 is 16.1 Å². The van der Waals surface area contributed by atoms with Crippen molar-refractivity contribution in [2.45, 2.75) is 4.90 Å². The van der Waals surface area contributed by atoms with Crippen LogP contribution in [0.3, 0.4) is 0 Å². The van der Waals surface area contributed by atoms with Gasteiger partial charge in [-0.2, -0.15) is 0 Å². The van der Waals surface area contributed by atoms with Crippen molar-refractivity contribution < 1.29 is 28.7 Å². The number of nitrogens with two attached hydrogens (primary N) is 1. The summed E-state index contributed by atoms with van der Waals surface area (Å²) in [6.45, 7) is 3.49. The molecule has 5 heteroatoms. The summed E-state index contributed by atoms with van der Waals surface area (Å²) in [7, 11) is -3.62. The molecule has 1 rings (SSSR count). The van der Waals surface area contributed by atoms with Crippen LogP contribution < -0.4 is 24.0 Å². The number of hydrogen-bond acceptors (Lipinski definition) is 2. The third-order valence-corrected chi connectivity index (χ3v) is 2.43. The summed E-state index contributed by atoms with van der Waals surface area (Å²) in [5.41, 5.74) is 0.528. The van der Waals surface area contributed by atoms with E-state index in [4.69, 9.17) is 5.14 Å². The van der Waals surface area contributed by atoms with Crippen LogP contribution in [0.15, 0.2) is 35.7 Å². The number of primary sulfonamides is 1. The van der Waals surface area contributed by atoms with Crippen LogP contribution in [0.4, 0.5) is 0 Å². The van der Waals surface area contributed by atoms with Gasteiger partial charge in [0, 0.05) is 0 Å². The van der Waals surface area contributed by atoms with Gasteiger partial charge in [0.25, 0.3) is 0 Å². The molecule has 0 amide bonds. The fourth-order valence-electron chi connectivity index (χ4n) is 0.908. The van der Waals surface area contributed by atoms with Gasteiger partial charge in [0.1, 0.15) is 0 Å². The minimum atomic E-state index is -3.62. The van der Waals surface area contributed by atoms with Crippen LogP contribution in [0.2, 0.25) is 0 Å². The van der Waals surface area contributed by atoms with Crippen molar-refractivity contribution in [2.75, 3.05) is 0 Å². The monoisotopic (exact) mass is 191 g/mol. The van der Waals surface area contributed by atoms with Crippen molar-refractivity contribution in [3.63, 3.8) is 0 Å². The van der Waals surface area contributed by atoms with E-state index in [-0.39, 0.29) is 25.2 Å². The summed E-state index contributed by atoms with van der Waals surface area (Å²) >= 11 is 0. The summed E-state index contributed by atoms with van der Waals surface area (Å²) in [4.78, 5) is 0.111. The standard InChI is InChI=1S/C8H9NO2S.Li.H/c1-2-7-5-3-4-6-8(7)12(9,10)11;;/h2-6H,1H2,(H2,9,10,11);;/q;+1;-1. The smallest absolute Gasteiger partial charge is 1.00 e. The van der Waals surface area contributed by atoms with E-state index in [2.05, 4.69) is 6.58 Å². The summed E-state index contributed by atoms with van der Waals surface area (Å²) in [6.07, 6.45) is 1.46. The first kappa shape index (κ1) is 12.5. The van der Waals surface area contributed by atoms with E-state index in [0.717, 1.165) is 0 Å². The van der Waals surface area contributed by atoms with Gasteiger partial charge in [-0.25, -0.2) is 13.6 Å². The molecule has 0 heterocycles. The predicted octanol–water partition coefficient (Wildman–Crippen LogP) is -1.91. The zero-order valence-corrected chi connectivity index (χ0v) is 8.21. The Balaban J connectivity index is 0. The molecule has 0 aliphatic rings. The molecule has 0 saturated heterocycles. The molecule has 1 aromatic carbocycles. The van der Waals surface area contributed by atoms with Crippen LogP contribution in [0.25, 0.3) is 6.08 Å². The van der Waals surface area contributed by atoms with Crippen molar-refractivity contribution in [3.8, 4) is 0 Å². The van der Waals surface area contributed by atoms with E-state index >= 15 is 0 Å². The maximum absolute atomic E-state index is 10.9. The van der Waals surface area contributed by atoms with E-state index in [0.29, 0.717) is 5.56 Å². The zero-order valence-electron chi connectivity index (χ0n) is 8.40. The molecule has 0 aliphatic carbocycles. The fraction of sp³-hybridized carbons (Fsp3) is 0. The molecule has 0 radical (unpaired) electrons. The van der Waals surface area contributed by atoms with Gasteiger partial charge in [0.05, 0.1) is 4.90 Å². The average molecular weight is 191 g/mol.